The molecule has 2 rings (SSSR count). The normalized spacial score (nSPS) is 19.1. The molecule has 1 heterocycles. The van der Waals surface area contributed by atoms with Crippen molar-refractivity contribution in [1.29, 1.82) is 0 Å². The molecule has 0 atom stereocenters. The number of hydrogen-bond donors (Lipinski definition) is 1. The van der Waals surface area contributed by atoms with E-state index in [0.29, 0.717) is 6.04 Å². The minimum Gasteiger partial charge on any atom is -0.381 e. The number of hydrogen-bond acceptors (Lipinski definition) is 2. The van der Waals surface area contributed by atoms with Gasteiger partial charge in [-0.25, -0.2) is 0 Å². The van der Waals surface area contributed by atoms with Crippen molar-refractivity contribution in [2.45, 2.75) is 45.1 Å². The van der Waals surface area contributed by atoms with E-state index in [-0.39, 0.29) is 5.41 Å². The molecule has 18 heavy (non-hydrogen) atoms. The third-order valence-electron chi connectivity index (χ3n) is 3.96. The summed E-state index contributed by atoms with van der Waals surface area (Å²) in [5.74, 6) is 0. The first-order valence-electron chi connectivity index (χ1n) is 7.01. The summed E-state index contributed by atoms with van der Waals surface area (Å²) >= 11 is 0. The molecule has 0 saturated carbocycles. The fourth-order valence-corrected chi connectivity index (χ4v) is 2.64. The zero-order valence-electron chi connectivity index (χ0n) is 11.8. The Morgan fingerprint density at radius 3 is 2.33 bits per heavy atom. The second-order valence-electron chi connectivity index (χ2n) is 5.79. The molecule has 1 aliphatic heterocycles. The van der Waals surface area contributed by atoms with Gasteiger partial charge in [0, 0.05) is 31.2 Å². The van der Waals surface area contributed by atoms with E-state index in [1.807, 2.05) is 0 Å². The smallest absolute Gasteiger partial charge is 0.0475 e. The zero-order valence-corrected chi connectivity index (χ0v) is 11.8. The van der Waals surface area contributed by atoms with Crippen LogP contribution in [0.25, 0.3) is 0 Å². The molecular formula is C16H25NO. The molecule has 0 unspecified atom stereocenters. The Balaban J connectivity index is 2.20. The molecule has 1 aliphatic rings. The largest absolute Gasteiger partial charge is 0.381 e. The predicted molar refractivity (Wildman–Crippen MR) is 76.0 cm³/mol. The van der Waals surface area contributed by atoms with E-state index in [0.717, 1.165) is 32.6 Å². The van der Waals surface area contributed by atoms with Crippen molar-refractivity contribution >= 4 is 0 Å². The molecule has 0 spiro atoms. The Morgan fingerprint density at radius 2 is 1.78 bits per heavy atom. The number of aryl methyl sites for hydroxylation is 1. The lowest BCUT2D eigenvalue weighted by molar-refractivity contribution is 0.0492. The summed E-state index contributed by atoms with van der Waals surface area (Å²) in [6, 6.07) is 9.57. The van der Waals surface area contributed by atoms with Crippen LogP contribution in [0.3, 0.4) is 0 Å². The predicted octanol–water partition coefficient (Wildman–Crippen LogP) is 3.04. The second-order valence-corrected chi connectivity index (χ2v) is 5.79. The molecule has 1 aromatic rings. The average molecular weight is 247 g/mol. The van der Waals surface area contributed by atoms with Crippen molar-refractivity contribution in [2.75, 3.05) is 19.8 Å². The van der Waals surface area contributed by atoms with Crippen molar-refractivity contribution < 1.29 is 4.74 Å². The Kier molecular flexibility index (Phi) is 4.41. The molecule has 2 heteroatoms. The highest BCUT2D eigenvalue weighted by Crippen LogP contribution is 2.34. The van der Waals surface area contributed by atoms with Gasteiger partial charge in [-0.1, -0.05) is 43.7 Å². The van der Waals surface area contributed by atoms with Crippen LogP contribution < -0.4 is 5.32 Å². The molecule has 2 nitrogen and oxygen atoms in total. The minimum absolute atomic E-state index is 0.260. The van der Waals surface area contributed by atoms with Crippen LogP contribution in [0.4, 0.5) is 0 Å². The fraction of sp³-hybridized carbons (Fsp3) is 0.625. The molecule has 0 amide bonds. The first-order chi connectivity index (χ1) is 8.62. The van der Waals surface area contributed by atoms with Gasteiger partial charge in [-0.05, 0) is 25.3 Å². The van der Waals surface area contributed by atoms with Crippen molar-refractivity contribution in [3.63, 3.8) is 0 Å². The summed E-state index contributed by atoms with van der Waals surface area (Å²) in [6.45, 7) is 9.38. The fourth-order valence-electron chi connectivity index (χ4n) is 2.64. The summed E-state index contributed by atoms with van der Waals surface area (Å²) in [5.41, 5.74) is 3.05. The van der Waals surface area contributed by atoms with E-state index >= 15 is 0 Å². The Labute approximate surface area is 111 Å². The lowest BCUT2D eigenvalue weighted by Gasteiger charge is -2.38. The van der Waals surface area contributed by atoms with Gasteiger partial charge in [0.05, 0.1) is 0 Å². The highest BCUT2D eigenvalue weighted by Gasteiger charge is 2.34. The van der Waals surface area contributed by atoms with Crippen LogP contribution in [0.15, 0.2) is 24.3 Å². The number of rotatable bonds is 4. The van der Waals surface area contributed by atoms with Crippen LogP contribution in [0, 0.1) is 6.92 Å². The Bertz CT molecular complexity index is 363. The van der Waals surface area contributed by atoms with Crippen molar-refractivity contribution in [3.8, 4) is 0 Å². The van der Waals surface area contributed by atoms with Crippen LogP contribution in [0.2, 0.25) is 0 Å². The summed E-state index contributed by atoms with van der Waals surface area (Å²) in [4.78, 5) is 0. The highest BCUT2D eigenvalue weighted by atomic mass is 16.5. The molecule has 0 radical (unpaired) electrons. The van der Waals surface area contributed by atoms with Gasteiger partial charge in [-0.2, -0.15) is 0 Å². The van der Waals surface area contributed by atoms with Gasteiger partial charge < -0.3 is 10.1 Å². The lowest BCUT2D eigenvalue weighted by Crippen LogP contribution is -2.44. The summed E-state index contributed by atoms with van der Waals surface area (Å²) < 4.78 is 5.55. The third-order valence-corrected chi connectivity index (χ3v) is 3.96. The monoisotopic (exact) mass is 247 g/mol. The van der Waals surface area contributed by atoms with Gasteiger partial charge in [-0.15, -0.1) is 0 Å². The van der Waals surface area contributed by atoms with Crippen LogP contribution in [-0.2, 0) is 10.2 Å². The van der Waals surface area contributed by atoms with Crippen LogP contribution >= 0.6 is 0 Å². The Hall–Kier alpha value is -0.860. The van der Waals surface area contributed by atoms with Crippen LogP contribution in [-0.4, -0.2) is 25.8 Å². The van der Waals surface area contributed by atoms with E-state index in [1.54, 1.807) is 0 Å². The molecule has 1 aromatic carbocycles. The Morgan fingerprint density at radius 1 is 1.17 bits per heavy atom. The molecule has 0 aromatic heterocycles. The molecule has 1 saturated heterocycles. The van der Waals surface area contributed by atoms with Gasteiger partial charge in [0.1, 0.15) is 0 Å². The maximum Gasteiger partial charge on any atom is 0.0475 e. The summed E-state index contributed by atoms with van der Waals surface area (Å²) in [5, 5.41) is 3.61. The molecule has 1 N–H and O–H groups in total. The van der Waals surface area contributed by atoms with Crippen molar-refractivity contribution in [2.24, 2.45) is 0 Å². The van der Waals surface area contributed by atoms with E-state index in [1.165, 1.54) is 11.1 Å². The van der Waals surface area contributed by atoms with E-state index in [9.17, 15) is 0 Å². The highest BCUT2D eigenvalue weighted by molar-refractivity contribution is 5.29. The van der Waals surface area contributed by atoms with Crippen LogP contribution in [0.5, 0.6) is 0 Å². The minimum atomic E-state index is 0.260. The van der Waals surface area contributed by atoms with Crippen molar-refractivity contribution in [3.05, 3.63) is 35.4 Å². The van der Waals surface area contributed by atoms with Crippen molar-refractivity contribution in [1.82, 2.24) is 5.32 Å². The first-order valence-corrected chi connectivity index (χ1v) is 7.01. The summed E-state index contributed by atoms with van der Waals surface area (Å²) in [6.07, 6.45) is 2.24. The van der Waals surface area contributed by atoms with Gasteiger partial charge in [-0.3, -0.25) is 0 Å². The summed E-state index contributed by atoms with van der Waals surface area (Å²) in [7, 11) is 0. The number of ether oxygens (including phenoxy) is 1. The van der Waals surface area contributed by atoms with E-state index in [2.05, 4.69) is 50.4 Å². The third kappa shape index (κ3) is 3.12. The molecule has 1 fully saturated rings. The van der Waals surface area contributed by atoms with Gasteiger partial charge in [0.25, 0.3) is 0 Å². The number of benzene rings is 1. The zero-order chi connectivity index (χ0) is 13.0. The van der Waals surface area contributed by atoms with Gasteiger partial charge >= 0.3 is 0 Å². The van der Waals surface area contributed by atoms with Gasteiger partial charge in [0.15, 0.2) is 0 Å². The maximum atomic E-state index is 5.55. The molecular weight excluding hydrogens is 222 g/mol. The molecule has 0 aliphatic carbocycles. The second kappa shape index (κ2) is 5.85. The SMILES string of the molecule is Cc1ccc(C2(CNC(C)C)CCOCC2)cc1. The molecule has 100 valence electrons. The quantitative estimate of drug-likeness (QED) is 0.883. The lowest BCUT2D eigenvalue weighted by atomic mass is 9.74. The van der Waals surface area contributed by atoms with E-state index in [4.69, 9.17) is 4.74 Å². The van der Waals surface area contributed by atoms with E-state index < -0.39 is 0 Å². The standard InChI is InChI=1S/C16H25NO/c1-13(2)17-12-16(8-10-18-11-9-16)15-6-4-14(3)5-7-15/h4-7,13,17H,8-12H2,1-3H3. The van der Waals surface area contributed by atoms with Crippen LogP contribution in [0.1, 0.15) is 37.8 Å². The van der Waals surface area contributed by atoms with Gasteiger partial charge in [0.2, 0.25) is 0 Å². The number of nitrogens with one attached hydrogen (secondary N) is 1. The average Bonchev–Trinajstić information content (AvgIpc) is 2.38. The maximum absolute atomic E-state index is 5.55. The first kappa shape index (κ1) is 13.6. The molecule has 0 bridgehead atoms. The topological polar surface area (TPSA) is 21.3 Å².